The van der Waals surface area contributed by atoms with Gasteiger partial charge in [0.2, 0.25) is 0 Å². The number of benzene rings is 1. The molecule has 12 heteroatoms. The molecular formula is C28H28Cl2F2N8. The number of fused-ring (bicyclic) bond motifs is 1. The van der Waals surface area contributed by atoms with Gasteiger partial charge in [-0.2, -0.15) is 5.26 Å². The van der Waals surface area contributed by atoms with Crippen LogP contribution >= 0.6 is 23.2 Å². The molecule has 208 valence electrons. The Labute approximate surface area is 240 Å². The zero-order valence-electron chi connectivity index (χ0n) is 22.4. The highest BCUT2D eigenvalue weighted by Gasteiger charge is 2.54. The number of aromatic nitrogens is 5. The van der Waals surface area contributed by atoms with Crippen molar-refractivity contribution in [1.29, 1.82) is 5.26 Å². The second-order valence-corrected chi connectivity index (χ2v) is 12.1. The van der Waals surface area contributed by atoms with Gasteiger partial charge in [0.15, 0.2) is 0 Å². The first-order chi connectivity index (χ1) is 18.9. The van der Waals surface area contributed by atoms with E-state index in [9.17, 15) is 14.0 Å². The Morgan fingerprint density at radius 3 is 2.58 bits per heavy atom. The standard InChI is InChI=1S/C28H28Cl2F2N8/c1-15-18(5-6-22(30)36-15)25(21-13-40(39-38-21)28(7-8-28)26(31)32)37-17-9-19-23(35-14-27(2,3)4)16(11-33)12-34-24(19)20(29)10-17/h5-6,9-10,12-13,25-26,37H,7-8,14H2,1-4H3,(H,34,35)/t25-/m0/s1. The maximum atomic E-state index is 13.8. The SMILES string of the molecule is Cc1nc(Cl)ccc1[C@H](Nc1cc(Cl)c2ncc(C#N)c(NCC(C)(C)C)c2c1)c1cn(C2(C(F)F)CC2)nn1. The molecule has 0 amide bonds. The number of nitrogens with one attached hydrogen (secondary N) is 2. The third kappa shape index (κ3) is 5.40. The van der Waals surface area contributed by atoms with E-state index in [-0.39, 0.29) is 5.41 Å². The molecule has 1 saturated carbocycles. The molecule has 0 aliphatic heterocycles. The normalized spacial score (nSPS) is 15.2. The fourth-order valence-electron chi connectivity index (χ4n) is 4.60. The number of anilines is 2. The van der Waals surface area contributed by atoms with E-state index in [2.05, 4.69) is 57.8 Å². The van der Waals surface area contributed by atoms with Crippen molar-refractivity contribution in [2.45, 2.75) is 58.5 Å². The molecule has 4 aromatic rings. The van der Waals surface area contributed by atoms with E-state index in [0.29, 0.717) is 68.8 Å². The molecule has 1 aliphatic carbocycles. The van der Waals surface area contributed by atoms with E-state index in [0.717, 1.165) is 5.56 Å². The predicted molar refractivity (Wildman–Crippen MR) is 152 cm³/mol. The van der Waals surface area contributed by atoms with Crippen LogP contribution < -0.4 is 10.6 Å². The average Bonchev–Trinajstić information content (AvgIpc) is 3.56. The van der Waals surface area contributed by atoms with Gasteiger partial charge >= 0.3 is 0 Å². The summed E-state index contributed by atoms with van der Waals surface area (Å²) < 4.78 is 28.9. The van der Waals surface area contributed by atoms with E-state index < -0.39 is 18.0 Å². The summed E-state index contributed by atoms with van der Waals surface area (Å²) >= 11 is 12.8. The summed E-state index contributed by atoms with van der Waals surface area (Å²) in [6.07, 6.45) is 1.19. The number of pyridine rings is 2. The predicted octanol–water partition coefficient (Wildman–Crippen LogP) is 7.12. The third-order valence-corrected chi connectivity index (χ3v) is 7.49. The number of aryl methyl sites for hydroxylation is 1. The van der Waals surface area contributed by atoms with E-state index >= 15 is 0 Å². The number of halogens is 4. The first kappa shape index (κ1) is 28.0. The van der Waals surface area contributed by atoms with Crippen molar-refractivity contribution >= 4 is 45.5 Å². The van der Waals surface area contributed by atoms with Gasteiger partial charge in [0.1, 0.15) is 22.5 Å². The number of alkyl halides is 2. The molecule has 8 nitrogen and oxygen atoms in total. The van der Waals surface area contributed by atoms with Crippen molar-refractivity contribution in [3.05, 3.63) is 69.3 Å². The summed E-state index contributed by atoms with van der Waals surface area (Å²) in [5.74, 6) is 0. The minimum Gasteiger partial charge on any atom is -0.383 e. The summed E-state index contributed by atoms with van der Waals surface area (Å²) in [5, 5.41) is 26.4. The Balaban J connectivity index is 1.60. The van der Waals surface area contributed by atoms with Crippen molar-refractivity contribution in [1.82, 2.24) is 25.0 Å². The van der Waals surface area contributed by atoms with Gasteiger partial charge < -0.3 is 10.6 Å². The highest BCUT2D eigenvalue weighted by Crippen LogP contribution is 2.48. The molecule has 40 heavy (non-hydrogen) atoms. The van der Waals surface area contributed by atoms with Crippen LogP contribution in [0.5, 0.6) is 0 Å². The second kappa shape index (κ2) is 10.5. The molecule has 3 aromatic heterocycles. The third-order valence-electron chi connectivity index (χ3n) is 6.99. The average molecular weight is 585 g/mol. The van der Waals surface area contributed by atoms with Crippen LogP contribution in [0.2, 0.25) is 10.2 Å². The zero-order chi connectivity index (χ0) is 28.8. The lowest BCUT2D eigenvalue weighted by molar-refractivity contribution is 0.0593. The van der Waals surface area contributed by atoms with Gasteiger partial charge in [-0.1, -0.05) is 55.3 Å². The Bertz CT molecular complexity index is 1620. The maximum absolute atomic E-state index is 13.8. The second-order valence-electron chi connectivity index (χ2n) is 11.3. The zero-order valence-corrected chi connectivity index (χ0v) is 23.9. The minimum absolute atomic E-state index is 0.0465. The van der Waals surface area contributed by atoms with Crippen molar-refractivity contribution in [2.75, 3.05) is 17.2 Å². The van der Waals surface area contributed by atoms with Crippen LogP contribution in [0.15, 0.2) is 36.7 Å². The van der Waals surface area contributed by atoms with Crippen LogP contribution in [-0.2, 0) is 5.54 Å². The minimum atomic E-state index is -2.55. The summed E-state index contributed by atoms with van der Waals surface area (Å²) in [7, 11) is 0. The molecule has 1 aromatic carbocycles. The summed E-state index contributed by atoms with van der Waals surface area (Å²) in [4.78, 5) is 8.80. The number of nitrogens with zero attached hydrogens (tertiary/aromatic N) is 6. The lowest BCUT2D eigenvalue weighted by Gasteiger charge is -2.23. The Morgan fingerprint density at radius 2 is 1.95 bits per heavy atom. The molecule has 1 aliphatic rings. The van der Waals surface area contributed by atoms with Crippen LogP contribution in [0, 0.1) is 23.7 Å². The van der Waals surface area contributed by atoms with Gasteiger partial charge in [-0.05, 0) is 43.4 Å². The fourth-order valence-corrected chi connectivity index (χ4v) is 5.06. The summed E-state index contributed by atoms with van der Waals surface area (Å²) in [6, 6.07) is 8.66. The van der Waals surface area contributed by atoms with Gasteiger partial charge in [-0.25, -0.2) is 18.4 Å². The topological polar surface area (TPSA) is 104 Å². The molecule has 3 heterocycles. The van der Waals surface area contributed by atoms with E-state index in [1.807, 2.05) is 19.1 Å². The Kier molecular flexibility index (Phi) is 7.31. The van der Waals surface area contributed by atoms with E-state index in [4.69, 9.17) is 23.2 Å². The van der Waals surface area contributed by atoms with Crippen LogP contribution in [0.1, 0.15) is 62.2 Å². The Morgan fingerprint density at radius 1 is 1.20 bits per heavy atom. The number of hydrogen-bond acceptors (Lipinski definition) is 7. The molecular weight excluding hydrogens is 557 g/mol. The fraction of sp³-hybridized carbons (Fsp3) is 0.393. The van der Waals surface area contributed by atoms with Gasteiger partial charge in [0.05, 0.1) is 34.0 Å². The first-order valence-electron chi connectivity index (χ1n) is 12.8. The van der Waals surface area contributed by atoms with Gasteiger partial charge in [0.25, 0.3) is 6.43 Å². The number of nitriles is 1. The molecule has 1 fully saturated rings. The number of rotatable bonds is 8. The quantitative estimate of drug-likeness (QED) is 0.212. The van der Waals surface area contributed by atoms with Gasteiger partial charge in [-0.15, -0.1) is 5.10 Å². The van der Waals surface area contributed by atoms with Gasteiger partial charge in [0, 0.05) is 35.1 Å². The first-order valence-corrected chi connectivity index (χ1v) is 13.5. The molecule has 0 bridgehead atoms. The lowest BCUT2D eigenvalue weighted by Crippen LogP contribution is -2.26. The molecule has 1 atom stereocenters. The summed E-state index contributed by atoms with van der Waals surface area (Å²) in [5.41, 5.74) is 2.63. The largest absolute Gasteiger partial charge is 0.383 e. The highest BCUT2D eigenvalue weighted by molar-refractivity contribution is 6.35. The molecule has 0 saturated heterocycles. The molecule has 2 N–H and O–H groups in total. The van der Waals surface area contributed by atoms with Crippen molar-refractivity contribution in [2.24, 2.45) is 5.41 Å². The maximum Gasteiger partial charge on any atom is 0.263 e. The lowest BCUT2D eigenvalue weighted by atomic mass is 9.96. The van der Waals surface area contributed by atoms with Crippen LogP contribution in [-0.4, -0.2) is 37.9 Å². The monoisotopic (exact) mass is 584 g/mol. The Hall–Kier alpha value is -3.55. The summed E-state index contributed by atoms with van der Waals surface area (Å²) in [6.45, 7) is 8.70. The molecule has 0 unspecified atom stereocenters. The smallest absolute Gasteiger partial charge is 0.263 e. The van der Waals surface area contributed by atoms with Crippen LogP contribution in [0.25, 0.3) is 10.9 Å². The molecule has 0 spiro atoms. The van der Waals surface area contributed by atoms with Crippen molar-refractivity contribution in [3.8, 4) is 6.07 Å². The van der Waals surface area contributed by atoms with Crippen LogP contribution in [0.3, 0.4) is 0 Å². The molecule has 0 radical (unpaired) electrons. The van der Waals surface area contributed by atoms with Crippen molar-refractivity contribution < 1.29 is 8.78 Å². The van der Waals surface area contributed by atoms with Crippen LogP contribution in [0.4, 0.5) is 20.2 Å². The van der Waals surface area contributed by atoms with E-state index in [1.165, 1.54) is 10.9 Å². The molecule has 5 rings (SSSR count). The van der Waals surface area contributed by atoms with Crippen molar-refractivity contribution in [3.63, 3.8) is 0 Å². The number of hydrogen-bond donors (Lipinski definition) is 2. The van der Waals surface area contributed by atoms with Gasteiger partial charge in [-0.3, -0.25) is 4.98 Å². The highest BCUT2D eigenvalue weighted by atomic mass is 35.5. The van der Waals surface area contributed by atoms with E-state index in [1.54, 1.807) is 18.3 Å².